The van der Waals surface area contributed by atoms with Crippen molar-refractivity contribution in [3.63, 3.8) is 0 Å². The summed E-state index contributed by atoms with van der Waals surface area (Å²) in [5.74, 6) is 0.667. The van der Waals surface area contributed by atoms with Gasteiger partial charge in [0.15, 0.2) is 0 Å². The predicted octanol–water partition coefficient (Wildman–Crippen LogP) is 5.28. The average molecular weight is 342 g/mol. The molecule has 0 radical (unpaired) electrons. The quantitative estimate of drug-likeness (QED) is 0.353. The maximum Gasteiger partial charge on any atom is 0.0678 e. The Bertz CT molecular complexity index is 219. The number of rotatable bonds is 13. The predicted molar refractivity (Wildman–Crippen MR) is 97.6 cm³/mol. The third-order valence-electron chi connectivity index (χ3n) is 4.19. The van der Waals surface area contributed by atoms with Crippen LogP contribution in [0.5, 0.6) is 0 Å². The van der Waals surface area contributed by atoms with Crippen molar-refractivity contribution >= 4 is 24.0 Å². The van der Waals surface area contributed by atoms with Crippen molar-refractivity contribution in [2.45, 2.75) is 96.6 Å². The number of unbranched alkanes of at least 4 members (excludes halogenated alkanes) is 7. The van der Waals surface area contributed by atoms with E-state index in [1.165, 1.54) is 51.4 Å². The average Bonchev–Trinajstić information content (AvgIpc) is 2.38. The van der Waals surface area contributed by atoms with Crippen LogP contribution in [0.15, 0.2) is 0 Å². The molecule has 0 aromatic heterocycles. The minimum Gasteiger partial charge on any atom is -0.392 e. The van der Waals surface area contributed by atoms with Gasteiger partial charge in [-0.3, -0.25) is 0 Å². The summed E-state index contributed by atoms with van der Waals surface area (Å²) in [4.78, 5) is 0. The van der Waals surface area contributed by atoms with Crippen molar-refractivity contribution in [1.82, 2.24) is 0 Å². The molecule has 0 aromatic carbocycles. The fourth-order valence-corrected chi connectivity index (χ4v) is 2.84. The lowest BCUT2D eigenvalue weighted by molar-refractivity contribution is 0.133. The molecule has 0 aliphatic carbocycles. The van der Waals surface area contributed by atoms with E-state index >= 15 is 0 Å². The van der Waals surface area contributed by atoms with Gasteiger partial charge >= 0.3 is 0 Å². The second-order valence-electron chi connectivity index (χ2n) is 6.83. The van der Waals surface area contributed by atoms with Crippen LogP contribution >= 0.6 is 24.0 Å². The van der Waals surface area contributed by atoms with E-state index in [0.29, 0.717) is 11.8 Å². The topological polar surface area (TPSA) is 46.2 Å². The lowest BCUT2D eigenvalue weighted by Crippen LogP contribution is -2.42. The van der Waals surface area contributed by atoms with E-state index in [2.05, 4.69) is 20.8 Å². The van der Waals surface area contributed by atoms with Gasteiger partial charge in [0.05, 0.1) is 6.10 Å². The summed E-state index contributed by atoms with van der Waals surface area (Å²) in [6, 6.07) is 0. The van der Waals surface area contributed by atoms with E-state index in [9.17, 15) is 5.11 Å². The van der Waals surface area contributed by atoms with E-state index < -0.39 is 6.10 Å². The van der Waals surface area contributed by atoms with Crippen molar-refractivity contribution < 1.29 is 5.11 Å². The minimum atomic E-state index is -0.418. The highest BCUT2D eigenvalue weighted by molar-refractivity contribution is 6.18. The Labute approximate surface area is 143 Å². The Balaban J connectivity index is 0. The molecule has 21 heavy (non-hydrogen) atoms. The summed E-state index contributed by atoms with van der Waals surface area (Å²) in [6.07, 6.45) is 12.1. The first-order valence-electron chi connectivity index (χ1n) is 8.44. The molecular formula is C17H37Cl2NO. The summed E-state index contributed by atoms with van der Waals surface area (Å²) in [6.45, 7) is 6.37. The van der Waals surface area contributed by atoms with Gasteiger partial charge < -0.3 is 10.8 Å². The zero-order valence-corrected chi connectivity index (χ0v) is 15.8. The van der Waals surface area contributed by atoms with Gasteiger partial charge in [-0.15, -0.1) is 24.0 Å². The SMILES string of the molecule is CCCCCCCCCCC(CC(O)CCl)C(C)(C)N.Cl. The zero-order valence-electron chi connectivity index (χ0n) is 14.2. The summed E-state index contributed by atoms with van der Waals surface area (Å²) in [5, 5.41) is 9.73. The summed E-state index contributed by atoms with van der Waals surface area (Å²) in [7, 11) is 0. The Morgan fingerprint density at radius 2 is 1.48 bits per heavy atom. The molecule has 0 saturated heterocycles. The molecule has 0 bridgehead atoms. The molecule has 0 aliphatic rings. The van der Waals surface area contributed by atoms with Crippen LogP contribution in [0.2, 0.25) is 0 Å². The molecule has 3 N–H and O–H groups in total. The van der Waals surface area contributed by atoms with Crippen molar-refractivity contribution in [3.05, 3.63) is 0 Å². The molecule has 0 saturated carbocycles. The Kier molecular flexibility index (Phi) is 16.0. The van der Waals surface area contributed by atoms with Crippen LogP contribution in [0.25, 0.3) is 0 Å². The number of halogens is 2. The third kappa shape index (κ3) is 13.9. The molecule has 0 amide bonds. The summed E-state index contributed by atoms with van der Waals surface area (Å²) >= 11 is 5.70. The van der Waals surface area contributed by atoms with E-state index in [1.807, 2.05) is 0 Å². The van der Waals surface area contributed by atoms with Crippen LogP contribution in [0.3, 0.4) is 0 Å². The second-order valence-corrected chi connectivity index (χ2v) is 7.13. The number of hydrogen-bond donors (Lipinski definition) is 2. The van der Waals surface area contributed by atoms with Gasteiger partial charge in [-0.1, -0.05) is 58.3 Å². The standard InChI is InChI=1S/C17H36ClNO.ClH/c1-4-5-6-7-8-9-10-11-12-15(17(2,3)19)13-16(20)14-18;/h15-16,20H,4-14,19H2,1-3H3;1H. The van der Waals surface area contributed by atoms with Crippen LogP contribution in [0.1, 0.15) is 85.0 Å². The molecule has 0 rings (SSSR count). The van der Waals surface area contributed by atoms with Gasteiger partial charge in [-0.05, 0) is 32.6 Å². The first-order valence-corrected chi connectivity index (χ1v) is 8.98. The number of hydrogen-bond acceptors (Lipinski definition) is 2. The van der Waals surface area contributed by atoms with Gasteiger partial charge in [0.1, 0.15) is 0 Å². The number of nitrogens with two attached hydrogens (primary N) is 1. The van der Waals surface area contributed by atoms with E-state index in [-0.39, 0.29) is 17.9 Å². The van der Waals surface area contributed by atoms with Crippen molar-refractivity contribution in [1.29, 1.82) is 0 Å². The van der Waals surface area contributed by atoms with Crippen molar-refractivity contribution in [2.75, 3.05) is 5.88 Å². The molecule has 130 valence electrons. The number of aliphatic hydroxyl groups is 1. The molecule has 2 atom stereocenters. The summed E-state index contributed by atoms with van der Waals surface area (Å²) in [5.41, 5.74) is 6.00. The zero-order chi connectivity index (χ0) is 15.4. The lowest BCUT2D eigenvalue weighted by Gasteiger charge is -2.32. The molecule has 0 spiro atoms. The third-order valence-corrected chi connectivity index (χ3v) is 4.55. The smallest absolute Gasteiger partial charge is 0.0678 e. The van der Waals surface area contributed by atoms with Gasteiger partial charge in [0, 0.05) is 11.4 Å². The summed E-state index contributed by atoms with van der Waals surface area (Å²) < 4.78 is 0. The molecule has 0 fully saturated rings. The first kappa shape index (κ1) is 23.8. The van der Waals surface area contributed by atoms with Gasteiger partial charge in [-0.2, -0.15) is 0 Å². The number of aliphatic hydroxyl groups excluding tert-OH is 1. The van der Waals surface area contributed by atoms with Crippen LogP contribution in [-0.2, 0) is 0 Å². The number of alkyl halides is 1. The first-order chi connectivity index (χ1) is 9.41. The molecule has 0 heterocycles. The molecule has 0 aliphatic heterocycles. The fraction of sp³-hybridized carbons (Fsp3) is 1.00. The van der Waals surface area contributed by atoms with Crippen LogP contribution in [0, 0.1) is 5.92 Å². The maximum atomic E-state index is 9.73. The lowest BCUT2D eigenvalue weighted by atomic mass is 9.80. The molecule has 2 nitrogen and oxygen atoms in total. The van der Waals surface area contributed by atoms with Crippen LogP contribution < -0.4 is 5.73 Å². The van der Waals surface area contributed by atoms with Gasteiger partial charge in [0.2, 0.25) is 0 Å². The monoisotopic (exact) mass is 341 g/mol. The van der Waals surface area contributed by atoms with E-state index in [4.69, 9.17) is 17.3 Å². The highest BCUT2D eigenvalue weighted by Gasteiger charge is 2.26. The fourth-order valence-electron chi connectivity index (χ4n) is 2.71. The van der Waals surface area contributed by atoms with Gasteiger partial charge in [0.25, 0.3) is 0 Å². The highest BCUT2D eigenvalue weighted by atomic mass is 35.5. The van der Waals surface area contributed by atoms with Crippen molar-refractivity contribution in [2.24, 2.45) is 11.7 Å². The van der Waals surface area contributed by atoms with Gasteiger partial charge in [-0.25, -0.2) is 0 Å². The van der Waals surface area contributed by atoms with Crippen LogP contribution in [-0.4, -0.2) is 22.6 Å². The minimum absolute atomic E-state index is 0. The van der Waals surface area contributed by atoms with E-state index in [1.54, 1.807) is 0 Å². The maximum absolute atomic E-state index is 9.73. The highest BCUT2D eigenvalue weighted by Crippen LogP contribution is 2.26. The molecule has 2 unspecified atom stereocenters. The molecule has 0 aromatic rings. The Morgan fingerprint density at radius 3 is 1.90 bits per heavy atom. The normalized spacial score (nSPS) is 14.6. The second kappa shape index (κ2) is 14.1. The Morgan fingerprint density at radius 1 is 1.00 bits per heavy atom. The largest absolute Gasteiger partial charge is 0.392 e. The van der Waals surface area contributed by atoms with E-state index in [0.717, 1.165) is 12.8 Å². The van der Waals surface area contributed by atoms with Crippen LogP contribution in [0.4, 0.5) is 0 Å². The molecular weight excluding hydrogens is 305 g/mol. The Hall–Kier alpha value is 0.500. The molecule has 4 heteroatoms. The van der Waals surface area contributed by atoms with Crippen molar-refractivity contribution in [3.8, 4) is 0 Å².